The molecule has 1 amide bonds. The summed E-state index contributed by atoms with van der Waals surface area (Å²) in [7, 11) is -1.99. The zero-order chi connectivity index (χ0) is 24.8. The third-order valence-electron chi connectivity index (χ3n) is 6.42. The maximum atomic E-state index is 13.1. The molecule has 1 aliphatic rings. The first-order valence-corrected chi connectivity index (χ1v) is 13.4. The van der Waals surface area contributed by atoms with Crippen molar-refractivity contribution in [2.75, 3.05) is 20.2 Å². The number of ether oxygens (including phenoxy) is 1. The first kappa shape index (κ1) is 24.9. The van der Waals surface area contributed by atoms with Gasteiger partial charge in [-0.25, -0.2) is 8.42 Å². The Bertz CT molecular complexity index is 1250. The number of nitrogens with zero attached hydrogens (tertiary/aromatic N) is 1. The average molecular weight is 493 g/mol. The minimum absolute atomic E-state index is 0.116. The van der Waals surface area contributed by atoms with Crippen molar-refractivity contribution in [3.05, 3.63) is 95.1 Å². The van der Waals surface area contributed by atoms with Gasteiger partial charge in [0.15, 0.2) is 0 Å². The Morgan fingerprint density at radius 1 is 0.971 bits per heavy atom. The predicted octanol–water partition coefficient (Wildman–Crippen LogP) is 4.63. The molecule has 1 saturated heterocycles. The lowest BCUT2D eigenvalue weighted by Crippen LogP contribution is -2.29. The van der Waals surface area contributed by atoms with Crippen molar-refractivity contribution >= 4 is 15.9 Å². The molecule has 35 heavy (non-hydrogen) atoms. The summed E-state index contributed by atoms with van der Waals surface area (Å²) in [5.41, 5.74) is 3.87. The number of aryl methyl sites for hydroxylation is 2. The molecule has 1 fully saturated rings. The normalized spacial score (nSPS) is 15.0. The van der Waals surface area contributed by atoms with Crippen LogP contribution in [-0.2, 0) is 21.2 Å². The van der Waals surface area contributed by atoms with Crippen molar-refractivity contribution in [3.8, 4) is 5.75 Å². The number of hydrogen-bond acceptors (Lipinski definition) is 4. The van der Waals surface area contributed by atoms with Crippen LogP contribution in [-0.4, -0.2) is 38.8 Å². The molecule has 0 unspecified atom stereocenters. The second-order valence-electron chi connectivity index (χ2n) is 8.91. The molecule has 4 rings (SSSR count). The van der Waals surface area contributed by atoms with Gasteiger partial charge in [-0.3, -0.25) is 4.79 Å². The largest absolute Gasteiger partial charge is 0.496 e. The highest BCUT2D eigenvalue weighted by molar-refractivity contribution is 7.89. The van der Waals surface area contributed by atoms with E-state index < -0.39 is 10.0 Å². The smallest absolute Gasteiger partial charge is 0.243 e. The van der Waals surface area contributed by atoms with Crippen LogP contribution in [0, 0.1) is 6.92 Å². The van der Waals surface area contributed by atoms with Crippen molar-refractivity contribution in [1.29, 1.82) is 0 Å². The summed E-state index contributed by atoms with van der Waals surface area (Å²) >= 11 is 0. The Morgan fingerprint density at radius 3 is 2.29 bits per heavy atom. The molecule has 7 heteroatoms. The molecule has 0 aromatic heterocycles. The van der Waals surface area contributed by atoms with Crippen LogP contribution in [0.1, 0.15) is 47.6 Å². The van der Waals surface area contributed by atoms with Gasteiger partial charge in [0.05, 0.1) is 18.0 Å². The maximum absolute atomic E-state index is 13.1. The van der Waals surface area contributed by atoms with Crippen molar-refractivity contribution in [3.63, 3.8) is 0 Å². The topological polar surface area (TPSA) is 75.7 Å². The minimum Gasteiger partial charge on any atom is -0.496 e. The second kappa shape index (κ2) is 11.1. The summed E-state index contributed by atoms with van der Waals surface area (Å²) in [4.78, 5) is 13.3. The zero-order valence-electron chi connectivity index (χ0n) is 20.2. The summed E-state index contributed by atoms with van der Waals surface area (Å²) in [6, 6.07) is 22.6. The van der Waals surface area contributed by atoms with Gasteiger partial charge in [0.2, 0.25) is 15.9 Å². The van der Waals surface area contributed by atoms with E-state index >= 15 is 0 Å². The van der Waals surface area contributed by atoms with Crippen molar-refractivity contribution in [2.45, 2.75) is 43.5 Å². The lowest BCUT2D eigenvalue weighted by Gasteiger charge is -2.20. The lowest BCUT2D eigenvalue weighted by molar-refractivity contribution is -0.121. The van der Waals surface area contributed by atoms with Crippen LogP contribution in [0.15, 0.2) is 77.7 Å². The maximum Gasteiger partial charge on any atom is 0.243 e. The number of hydrogen-bond donors (Lipinski definition) is 1. The molecule has 3 aromatic carbocycles. The van der Waals surface area contributed by atoms with Crippen molar-refractivity contribution in [2.24, 2.45) is 0 Å². The van der Waals surface area contributed by atoms with Gasteiger partial charge in [0.25, 0.3) is 0 Å². The molecule has 0 spiro atoms. The van der Waals surface area contributed by atoms with Gasteiger partial charge in [-0.1, -0.05) is 60.2 Å². The molecule has 1 aliphatic heterocycles. The summed E-state index contributed by atoms with van der Waals surface area (Å²) in [6.45, 7) is 3.13. The standard InChI is InChI=1S/C28H32N2O4S/c1-21-10-12-23(13-11-21)28(22-8-4-3-5-9-22)29-27(31)17-14-24-20-25(15-16-26(24)34-2)35(32,33)30-18-6-7-19-30/h3-5,8-13,15-16,20,28H,6-7,14,17-19H2,1-2H3,(H,29,31)/t28-/m0/s1. The van der Waals surface area contributed by atoms with E-state index in [1.54, 1.807) is 25.3 Å². The number of carbonyl (C=O) groups excluding carboxylic acids is 1. The SMILES string of the molecule is COc1ccc(S(=O)(=O)N2CCCC2)cc1CCC(=O)N[C@@H](c1ccccc1)c1ccc(C)cc1. The van der Waals surface area contributed by atoms with Gasteiger partial charge >= 0.3 is 0 Å². The van der Waals surface area contributed by atoms with E-state index in [1.165, 1.54) is 4.31 Å². The van der Waals surface area contributed by atoms with Crippen LogP contribution >= 0.6 is 0 Å². The van der Waals surface area contributed by atoms with E-state index in [4.69, 9.17) is 4.74 Å². The number of amides is 1. The highest BCUT2D eigenvalue weighted by Gasteiger charge is 2.28. The van der Waals surface area contributed by atoms with E-state index in [2.05, 4.69) is 5.32 Å². The van der Waals surface area contributed by atoms with E-state index in [0.717, 1.165) is 29.5 Å². The third-order valence-corrected chi connectivity index (χ3v) is 8.32. The summed E-state index contributed by atoms with van der Waals surface area (Å²) < 4.78 is 33.0. The summed E-state index contributed by atoms with van der Waals surface area (Å²) in [5.74, 6) is 0.464. The highest BCUT2D eigenvalue weighted by atomic mass is 32.2. The summed E-state index contributed by atoms with van der Waals surface area (Å²) in [6.07, 6.45) is 2.34. The third kappa shape index (κ3) is 5.92. The molecule has 1 atom stereocenters. The van der Waals surface area contributed by atoms with Gasteiger partial charge in [0.1, 0.15) is 5.75 Å². The number of sulfonamides is 1. The zero-order valence-corrected chi connectivity index (χ0v) is 21.1. The van der Waals surface area contributed by atoms with Crippen molar-refractivity contribution in [1.82, 2.24) is 9.62 Å². The predicted molar refractivity (Wildman–Crippen MR) is 137 cm³/mol. The molecule has 1 heterocycles. The Hall–Kier alpha value is -3.16. The molecule has 6 nitrogen and oxygen atoms in total. The average Bonchev–Trinajstić information content (AvgIpc) is 3.43. The Labute approximate surface area is 208 Å². The lowest BCUT2D eigenvalue weighted by atomic mass is 9.97. The van der Waals surface area contributed by atoms with Crippen molar-refractivity contribution < 1.29 is 17.9 Å². The van der Waals surface area contributed by atoms with Crippen LogP contribution in [0.5, 0.6) is 5.75 Å². The summed E-state index contributed by atoms with van der Waals surface area (Å²) in [5, 5.41) is 3.16. The van der Waals surface area contributed by atoms with Crippen LogP contribution in [0.4, 0.5) is 0 Å². The quantitative estimate of drug-likeness (QED) is 0.473. The fourth-order valence-electron chi connectivity index (χ4n) is 4.43. The molecule has 1 N–H and O–H groups in total. The number of methoxy groups -OCH3 is 1. The molecule has 0 saturated carbocycles. The van der Waals surface area contributed by atoms with E-state index in [1.807, 2.05) is 61.5 Å². The number of benzene rings is 3. The fraction of sp³-hybridized carbons (Fsp3) is 0.321. The molecular weight excluding hydrogens is 460 g/mol. The first-order valence-electron chi connectivity index (χ1n) is 12.0. The molecule has 3 aromatic rings. The minimum atomic E-state index is -3.54. The van der Waals surface area contributed by atoms with E-state index in [-0.39, 0.29) is 23.3 Å². The van der Waals surface area contributed by atoms with Gasteiger partial charge in [-0.05, 0) is 61.1 Å². The van der Waals surface area contributed by atoms with Gasteiger partial charge in [0, 0.05) is 19.5 Å². The highest BCUT2D eigenvalue weighted by Crippen LogP contribution is 2.28. The van der Waals surface area contributed by atoms with Crippen LogP contribution in [0.25, 0.3) is 0 Å². The number of rotatable bonds is 9. The number of carbonyl (C=O) groups is 1. The van der Waals surface area contributed by atoms with Crippen LogP contribution in [0.2, 0.25) is 0 Å². The molecular formula is C28H32N2O4S. The van der Waals surface area contributed by atoms with E-state index in [9.17, 15) is 13.2 Å². The fourth-order valence-corrected chi connectivity index (χ4v) is 6.00. The Balaban J connectivity index is 1.51. The van der Waals surface area contributed by atoms with Gasteiger partial charge < -0.3 is 10.1 Å². The van der Waals surface area contributed by atoms with Crippen LogP contribution in [0.3, 0.4) is 0 Å². The molecule has 0 bridgehead atoms. The molecule has 0 radical (unpaired) electrons. The second-order valence-corrected chi connectivity index (χ2v) is 10.8. The Morgan fingerprint density at radius 2 is 1.63 bits per heavy atom. The van der Waals surface area contributed by atoms with Gasteiger partial charge in [-0.15, -0.1) is 0 Å². The van der Waals surface area contributed by atoms with E-state index in [0.29, 0.717) is 30.8 Å². The molecule has 0 aliphatic carbocycles. The first-order chi connectivity index (χ1) is 16.9. The number of nitrogens with one attached hydrogen (secondary N) is 1. The van der Waals surface area contributed by atoms with Crippen LogP contribution < -0.4 is 10.1 Å². The molecule has 184 valence electrons. The van der Waals surface area contributed by atoms with Gasteiger partial charge in [-0.2, -0.15) is 4.31 Å². The monoisotopic (exact) mass is 492 g/mol. The Kier molecular flexibility index (Phi) is 7.88.